The molecule has 1 amide bonds. The van der Waals surface area contributed by atoms with Gasteiger partial charge in [-0.15, -0.1) is 0 Å². The normalized spacial score (nSPS) is 20.8. The van der Waals surface area contributed by atoms with Crippen LogP contribution < -0.4 is 0 Å². The minimum atomic E-state index is -0.351. The molecular weight excluding hydrogens is 318 g/mol. The van der Waals surface area contributed by atoms with Gasteiger partial charge in [0.2, 0.25) is 5.91 Å². The first kappa shape index (κ1) is 15.5. The summed E-state index contributed by atoms with van der Waals surface area (Å²) in [6.07, 6.45) is 2.96. The molecule has 0 saturated carbocycles. The molecule has 2 atom stereocenters. The van der Waals surface area contributed by atoms with Gasteiger partial charge in [-0.25, -0.2) is 0 Å². The van der Waals surface area contributed by atoms with Gasteiger partial charge in [-0.1, -0.05) is 35.0 Å². The lowest BCUT2D eigenvalue weighted by molar-refractivity contribution is -0.138. The topological polar surface area (TPSA) is 40.5 Å². The van der Waals surface area contributed by atoms with E-state index in [0.717, 1.165) is 36.7 Å². The van der Waals surface area contributed by atoms with Crippen molar-refractivity contribution >= 4 is 21.8 Å². The minimum absolute atomic E-state index is 0.00889. The molecule has 1 aromatic rings. The van der Waals surface area contributed by atoms with Gasteiger partial charge in [-0.3, -0.25) is 4.79 Å². The van der Waals surface area contributed by atoms with E-state index in [0.29, 0.717) is 6.54 Å². The minimum Gasteiger partial charge on any atom is -0.391 e. The van der Waals surface area contributed by atoms with Gasteiger partial charge in [0.05, 0.1) is 6.10 Å². The van der Waals surface area contributed by atoms with Crippen molar-refractivity contribution in [1.82, 2.24) is 4.90 Å². The van der Waals surface area contributed by atoms with Crippen molar-refractivity contribution in [3.63, 3.8) is 0 Å². The maximum Gasteiger partial charge on any atom is 0.226 e. The number of piperidine rings is 1. The number of halogens is 1. The van der Waals surface area contributed by atoms with Crippen molar-refractivity contribution in [2.75, 3.05) is 13.1 Å². The summed E-state index contributed by atoms with van der Waals surface area (Å²) in [6.45, 7) is 3.33. The highest BCUT2D eigenvalue weighted by atomic mass is 79.9. The fourth-order valence-electron chi connectivity index (χ4n) is 2.77. The molecule has 1 aliphatic heterocycles. The van der Waals surface area contributed by atoms with E-state index in [4.69, 9.17) is 0 Å². The fourth-order valence-corrected chi connectivity index (χ4v) is 3.21. The van der Waals surface area contributed by atoms with Crippen LogP contribution in [0.4, 0.5) is 0 Å². The standard InChI is InChI=1S/C16H22BrNO2/c1-2-13(9-12-5-3-6-14(17)10-12)16(20)18-8-4-7-15(19)11-18/h3,5-6,10,13,15,19H,2,4,7-9,11H2,1H3/t13-,15+/m1/s1. The van der Waals surface area contributed by atoms with Crippen molar-refractivity contribution in [3.8, 4) is 0 Å². The van der Waals surface area contributed by atoms with Gasteiger partial charge in [0, 0.05) is 23.5 Å². The van der Waals surface area contributed by atoms with Crippen LogP contribution in [0, 0.1) is 5.92 Å². The molecule has 0 radical (unpaired) electrons. The second-order valence-corrected chi connectivity index (χ2v) is 6.44. The van der Waals surface area contributed by atoms with E-state index in [1.54, 1.807) is 0 Å². The smallest absolute Gasteiger partial charge is 0.226 e. The van der Waals surface area contributed by atoms with E-state index < -0.39 is 0 Å². The third kappa shape index (κ3) is 4.06. The maximum absolute atomic E-state index is 12.6. The van der Waals surface area contributed by atoms with Gasteiger partial charge in [0.15, 0.2) is 0 Å². The number of likely N-dealkylation sites (tertiary alicyclic amines) is 1. The number of rotatable bonds is 4. The average molecular weight is 340 g/mol. The summed E-state index contributed by atoms with van der Waals surface area (Å²) in [5.41, 5.74) is 1.18. The monoisotopic (exact) mass is 339 g/mol. The van der Waals surface area contributed by atoms with E-state index in [-0.39, 0.29) is 17.9 Å². The molecule has 1 fully saturated rings. The van der Waals surface area contributed by atoms with Crippen LogP contribution >= 0.6 is 15.9 Å². The zero-order chi connectivity index (χ0) is 14.5. The molecule has 1 saturated heterocycles. The number of aliphatic hydroxyl groups is 1. The molecule has 0 unspecified atom stereocenters. The molecule has 1 heterocycles. The van der Waals surface area contributed by atoms with Crippen molar-refractivity contribution in [3.05, 3.63) is 34.3 Å². The zero-order valence-corrected chi connectivity index (χ0v) is 13.5. The highest BCUT2D eigenvalue weighted by Gasteiger charge is 2.27. The van der Waals surface area contributed by atoms with Crippen LogP contribution in [-0.4, -0.2) is 35.1 Å². The second-order valence-electron chi connectivity index (χ2n) is 5.52. The quantitative estimate of drug-likeness (QED) is 0.915. The summed E-state index contributed by atoms with van der Waals surface area (Å²) in [6, 6.07) is 8.13. The lowest BCUT2D eigenvalue weighted by Crippen LogP contribution is -2.45. The van der Waals surface area contributed by atoms with Gasteiger partial charge in [-0.05, 0) is 43.4 Å². The number of benzene rings is 1. The number of amides is 1. The van der Waals surface area contributed by atoms with Gasteiger partial charge < -0.3 is 10.0 Å². The van der Waals surface area contributed by atoms with E-state index in [1.807, 2.05) is 17.0 Å². The van der Waals surface area contributed by atoms with Crippen LogP contribution in [0.15, 0.2) is 28.7 Å². The average Bonchev–Trinajstić information content (AvgIpc) is 2.44. The highest BCUT2D eigenvalue weighted by molar-refractivity contribution is 9.10. The van der Waals surface area contributed by atoms with Crippen molar-refractivity contribution in [2.45, 2.75) is 38.7 Å². The summed E-state index contributed by atoms with van der Waals surface area (Å²) in [5.74, 6) is 0.195. The van der Waals surface area contributed by atoms with Gasteiger partial charge in [0.1, 0.15) is 0 Å². The first-order chi connectivity index (χ1) is 9.60. The molecule has 110 valence electrons. The number of nitrogens with zero attached hydrogens (tertiary/aromatic N) is 1. The Morgan fingerprint density at radius 1 is 1.55 bits per heavy atom. The molecule has 1 aromatic carbocycles. The first-order valence-electron chi connectivity index (χ1n) is 7.31. The Balaban J connectivity index is 2.02. The Labute approximate surface area is 129 Å². The molecule has 20 heavy (non-hydrogen) atoms. The van der Waals surface area contributed by atoms with E-state index in [1.165, 1.54) is 5.56 Å². The number of carbonyl (C=O) groups excluding carboxylic acids is 1. The molecule has 1 aliphatic rings. The summed E-state index contributed by atoms with van der Waals surface area (Å²) in [4.78, 5) is 14.4. The molecule has 3 nitrogen and oxygen atoms in total. The molecular formula is C16H22BrNO2. The Morgan fingerprint density at radius 2 is 2.35 bits per heavy atom. The lowest BCUT2D eigenvalue weighted by atomic mass is 9.94. The van der Waals surface area contributed by atoms with Crippen LogP contribution in [0.5, 0.6) is 0 Å². The van der Waals surface area contributed by atoms with Crippen molar-refractivity contribution < 1.29 is 9.90 Å². The first-order valence-corrected chi connectivity index (χ1v) is 8.10. The van der Waals surface area contributed by atoms with Crippen LogP contribution in [0.25, 0.3) is 0 Å². The Morgan fingerprint density at radius 3 is 3.00 bits per heavy atom. The number of carbonyl (C=O) groups is 1. The van der Waals surface area contributed by atoms with Crippen LogP contribution in [0.1, 0.15) is 31.7 Å². The third-order valence-corrected chi connectivity index (χ3v) is 4.41. The van der Waals surface area contributed by atoms with Crippen LogP contribution in [0.2, 0.25) is 0 Å². The molecule has 0 aliphatic carbocycles. The van der Waals surface area contributed by atoms with E-state index in [2.05, 4.69) is 35.0 Å². The number of β-amino-alcohol motifs (C(OH)–C–C–N with tert-alkyl or cyclic N) is 1. The second kappa shape index (κ2) is 7.23. The summed E-state index contributed by atoms with van der Waals surface area (Å²) >= 11 is 3.47. The van der Waals surface area contributed by atoms with E-state index in [9.17, 15) is 9.90 Å². The van der Waals surface area contributed by atoms with E-state index >= 15 is 0 Å². The summed E-state index contributed by atoms with van der Waals surface area (Å²) in [7, 11) is 0. The van der Waals surface area contributed by atoms with Gasteiger partial charge >= 0.3 is 0 Å². The Bertz CT molecular complexity index is 464. The Kier molecular flexibility index (Phi) is 5.61. The maximum atomic E-state index is 12.6. The molecule has 2 rings (SSSR count). The summed E-state index contributed by atoms with van der Waals surface area (Å²) in [5, 5.41) is 9.71. The lowest BCUT2D eigenvalue weighted by Gasteiger charge is -2.32. The molecule has 1 N–H and O–H groups in total. The highest BCUT2D eigenvalue weighted by Crippen LogP contribution is 2.20. The van der Waals surface area contributed by atoms with Crippen molar-refractivity contribution in [1.29, 1.82) is 0 Å². The van der Waals surface area contributed by atoms with Crippen molar-refractivity contribution in [2.24, 2.45) is 5.92 Å². The zero-order valence-electron chi connectivity index (χ0n) is 11.9. The SMILES string of the molecule is CC[C@H](Cc1cccc(Br)c1)C(=O)N1CCC[C@H](O)C1. The van der Waals surface area contributed by atoms with Crippen LogP contribution in [0.3, 0.4) is 0 Å². The predicted octanol–water partition coefficient (Wildman–Crippen LogP) is 3.00. The number of hydrogen-bond acceptors (Lipinski definition) is 2. The number of hydrogen-bond donors (Lipinski definition) is 1. The summed E-state index contributed by atoms with van der Waals surface area (Å²) < 4.78 is 1.05. The molecule has 0 spiro atoms. The molecule has 0 aromatic heterocycles. The third-order valence-electron chi connectivity index (χ3n) is 3.92. The number of aliphatic hydroxyl groups excluding tert-OH is 1. The van der Waals surface area contributed by atoms with Crippen LogP contribution in [-0.2, 0) is 11.2 Å². The molecule has 4 heteroatoms. The largest absolute Gasteiger partial charge is 0.391 e. The predicted molar refractivity (Wildman–Crippen MR) is 83.4 cm³/mol. The molecule has 0 bridgehead atoms. The Hall–Kier alpha value is -0.870. The van der Waals surface area contributed by atoms with Gasteiger partial charge in [-0.2, -0.15) is 0 Å². The van der Waals surface area contributed by atoms with Gasteiger partial charge in [0.25, 0.3) is 0 Å². The fraction of sp³-hybridized carbons (Fsp3) is 0.562.